The first kappa shape index (κ1) is 33.8. The minimum atomic E-state index is -4.15. The number of nitrogens with one attached hydrogen (secondary N) is 3. The van der Waals surface area contributed by atoms with Crippen molar-refractivity contribution in [3.05, 3.63) is 112 Å². The van der Waals surface area contributed by atoms with Crippen LogP contribution in [0.1, 0.15) is 48.8 Å². The molecule has 5 rings (SSSR count). The zero-order valence-electron chi connectivity index (χ0n) is 26.1. The van der Waals surface area contributed by atoms with Gasteiger partial charge in [0.25, 0.3) is 13.2 Å². The highest BCUT2D eigenvalue weighted by atomic mass is 31.2. The van der Waals surface area contributed by atoms with Crippen LogP contribution < -0.4 is 10.4 Å². The Morgan fingerprint density at radius 2 is 1.64 bits per heavy atom. The molecule has 3 atom stereocenters. The minimum absolute atomic E-state index is 0.0107. The number of alkyl carbamates (subject to hydrolysis) is 1. The van der Waals surface area contributed by atoms with Crippen molar-refractivity contribution in [1.82, 2.24) is 15.4 Å². The monoisotopic (exact) mass is 662 g/mol. The van der Waals surface area contributed by atoms with E-state index in [4.69, 9.17) is 14.0 Å². The van der Waals surface area contributed by atoms with Crippen LogP contribution in [0.4, 0.5) is 10.5 Å². The molecule has 12 nitrogen and oxygen atoms in total. The van der Waals surface area contributed by atoms with Crippen LogP contribution in [-0.2, 0) is 43.0 Å². The van der Waals surface area contributed by atoms with Crippen LogP contribution in [0, 0.1) is 16.0 Å². The van der Waals surface area contributed by atoms with Gasteiger partial charge in [-0.1, -0.05) is 67.8 Å². The summed E-state index contributed by atoms with van der Waals surface area (Å²) in [7, 11) is -2.90. The zero-order valence-corrected chi connectivity index (χ0v) is 27.0. The number of nitro benzene ring substituents is 1. The number of aromatic amines is 1. The molecule has 1 unspecified atom stereocenters. The predicted octanol–water partition coefficient (Wildman–Crippen LogP) is 6.99. The van der Waals surface area contributed by atoms with Crippen LogP contribution in [0.3, 0.4) is 0 Å². The molecule has 4 aromatic rings. The number of rotatable bonds is 14. The molecule has 1 amide bonds. The number of hydrogen-bond acceptors (Lipinski definition) is 8. The lowest BCUT2D eigenvalue weighted by Crippen LogP contribution is -2.48. The first-order valence-electron chi connectivity index (χ1n) is 15.6. The molecule has 47 heavy (non-hydrogen) atoms. The third-order valence-corrected chi connectivity index (χ3v) is 10.9. The van der Waals surface area contributed by atoms with E-state index >= 15 is 4.57 Å². The van der Waals surface area contributed by atoms with Gasteiger partial charge in [0.2, 0.25) is 0 Å². The van der Waals surface area contributed by atoms with E-state index < -0.39 is 36.3 Å². The smallest absolute Gasteiger partial charge is 0.408 e. The van der Waals surface area contributed by atoms with E-state index in [-0.39, 0.29) is 31.2 Å². The van der Waals surface area contributed by atoms with E-state index in [9.17, 15) is 19.7 Å². The number of nitrogens with zero attached hydrogens (tertiary/aromatic N) is 1. The summed E-state index contributed by atoms with van der Waals surface area (Å²) in [6, 6.07) is 21.4. The highest BCUT2D eigenvalue weighted by Crippen LogP contribution is 2.53. The second kappa shape index (κ2) is 15.9. The Kier molecular flexibility index (Phi) is 11.4. The van der Waals surface area contributed by atoms with Gasteiger partial charge in [-0.25, -0.2) is 9.88 Å². The van der Waals surface area contributed by atoms with Crippen molar-refractivity contribution in [1.29, 1.82) is 0 Å². The number of carbonyl (C=O) groups is 2. The van der Waals surface area contributed by atoms with Crippen molar-refractivity contribution in [2.45, 2.75) is 63.6 Å². The van der Waals surface area contributed by atoms with Gasteiger partial charge in [0.15, 0.2) is 0 Å². The van der Waals surface area contributed by atoms with Gasteiger partial charge in [-0.05, 0) is 53.6 Å². The van der Waals surface area contributed by atoms with Gasteiger partial charge in [-0.2, -0.15) is 0 Å². The van der Waals surface area contributed by atoms with E-state index in [1.165, 1.54) is 31.4 Å². The summed E-state index contributed by atoms with van der Waals surface area (Å²) >= 11 is 0. The van der Waals surface area contributed by atoms with Gasteiger partial charge >= 0.3 is 12.1 Å². The average molecular weight is 663 g/mol. The SMILES string of the molecule is COC(=O)[C@@H](Cc1c[nH]c2ccccc12)NP(=O)(OCc1ccc([N+](=O)[O-])cc1)[C@@H](NC(=O)OCc1ccccc1)C1CCCCC1. The number of methoxy groups -OCH3 is 1. The molecule has 1 aliphatic carbocycles. The van der Waals surface area contributed by atoms with Gasteiger partial charge in [-0.15, -0.1) is 0 Å². The normalized spacial score (nSPS) is 16.1. The second-order valence-electron chi connectivity index (χ2n) is 11.6. The summed E-state index contributed by atoms with van der Waals surface area (Å²) in [6.45, 7) is -0.190. The number of amides is 1. The molecule has 13 heteroatoms. The van der Waals surface area contributed by atoms with Gasteiger partial charge in [0.1, 0.15) is 18.4 Å². The number of esters is 1. The van der Waals surface area contributed by atoms with Gasteiger partial charge in [0.05, 0.1) is 18.6 Å². The summed E-state index contributed by atoms with van der Waals surface area (Å²) in [5.41, 5.74) is 2.90. The number of H-pyrrole nitrogens is 1. The van der Waals surface area contributed by atoms with E-state index in [1.54, 1.807) is 6.20 Å². The van der Waals surface area contributed by atoms with Crippen molar-refractivity contribution in [3.63, 3.8) is 0 Å². The number of aromatic nitrogens is 1. The van der Waals surface area contributed by atoms with Crippen LogP contribution in [0.2, 0.25) is 0 Å². The van der Waals surface area contributed by atoms with E-state index in [0.29, 0.717) is 18.4 Å². The average Bonchev–Trinajstić information content (AvgIpc) is 3.51. The molecule has 0 radical (unpaired) electrons. The fourth-order valence-corrected chi connectivity index (χ4v) is 8.46. The largest absolute Gasteiger partial charge is 0.468 e. The first-order valence-corrected chi connectivity index (χ1v) is 17.3. The molecule has 1 saturated carbocycles. The number of nitro groups is 1. The first-order chi connectivity index (χ1) is 22.8. The molecular formula is C34H39N4O8P. The van der Waals surface area contributed by atoms with Gasteiger partial charge in [-0.3, -0.25) is 19.5 Å². The molecule has 1 aliphatic rings. The summed E-state index contributed by atoms with van der Waals surface area (Å²) in [6.07, 6.45) is 5.27. The molecule has 1 heterocycles. The fraction of sp³-hybridized carbons (Fsp3) is 0.353. The Bertz CT molecular complexity index is 1710. The Hall–Kier alpha value is -4.51. The van der Waals surface area contributed by atoms with E-state index in [0.717, 1.165) is 41.3 Å². The van der Waals surface area contributed by atoms with E-state index in [1.807, 2.05) is 54.6 Å². The Morgan fingerprint density at radius 3 is 2.34 bits per heavy atom. The van der Waals surface area contributed by atoms with Crippen molar-refractivity contribution in [3.8, 4) is 0 Å². The maximum atomic E-state index is 15.3. The minimum Gasteiger partial charge on any atom is -0.468 e. The van der Waals surface area contributed by atoms with Gasteiger partial charge in [0, 0.05) is 35.7 Å². The Labute approximate surface area is 272 Å². The number of para-hydroxylation sites is 1. The standard InChI is InChI=1S/C34H39N4O8P/c1-44-33(39)31(20-27-21-35-30-15-9-8-14-29(27)30)37-47(43,46-23-25-16-18-28(19-17-25)38(41)42)32(26-12-6-3-7-13-26)36-34(40)45-22-24-10-4-2-5-11-24/h2,4-5,8-11,14-19,21,26,31-32,35H,3,6-7,12-13,20,22-23H2,1H3,(H,36,40)(H,37,43)/t31-,32-,47?/m1/s1. The van der Waals surface area contributed by atoms with Crippen LogP contribution >= 0.6 is 7.52 Å². The van der Waals surface area contributed by atoms with Crippen LogP contribution in [-0.4, -0.2) is 40.9 Å². The molecular weight excluding hydrogens is 623 g/mol. The fourth-order valence-electron chi connectivity index (χ4n) is 5.96. The molecule has 1 fully saturated rings. The quantitative estimate of drug-likeness (QED) is 0.0559. The topological polar surface area (TPSA) is 162 Å². The van der Waals surface area contributed by atoms with Crippen molar-refractivity contribution in [2.24, 2.45) is 5.92 Å². The van der Waals surface area contributed by atoms with Gasteiger partial charge < -0.3 is 24.3 Å². The van der Waals surface area contributed by atoms with Crippen molar-refractivity contribution >= 4 is 36.2 Å². The molecule has 0 aliphatic heterocycles. The van der Waals surface area contributed by atoms with Crippen LogP contribution in [0.15, 0.2) is 85.1 Å². The highest BCUT2D eigenvalue weighted by Gasteiger charge is 2.45. The zero-order chi connectivity index (χ0) is 33.2. The predicted molar refractivity (Wildman–Crippen MR) is 177 cm³/mol. The number of fused-ring (bicyclic) bond motifs is 1. The molecule has 0 bridgehead atoms. The number of non-ortho nitro benzene ring substituents is 1. The number of carbonyl (C=O) groups excluding carboxylic acids is 2. The number of hydrogen-bond donors (Lipinski definition) is 3. The summed E-state index contributed by atoms with van der Waals surface area (Å²) in [5.74, 6) is -1.93. The highest BCUT2D eigenvalue weighted by molar-refractivity contribution is 7.57. The molecule has 3 aromatic carbocycles. The summed E-state index contributed by atoms with van der Waals surface area (Å²) < 4.78 is 32.2. The Morgan fingerprint density at radius 1 is 0.957 bits per heavy atom. The lowest BCUT2D eigenvalue weighted by molar-refractivity contribution is -0.384. The molecule has 248 valence electrons. The molecule has 0 spiro atoms. The lowest BCUT2D eigenvalue weighted by Gasteiger charge is -2.37. The number of ether oxygens (including phenoxy) is 2. The number of benzene rings is 3. The molecule has 0 saturated heterocycles. The Balaban J connectivity index is 1.46. The lowest BCUT2D eigenvalue weighted by atomic mass is 9.89. The maximum absolute atomic E-state index is 15.3. The van der Waals surface area contributed by atoms with Crippen LogP contribution in [0.5, 0.6) is 0 Å². The van der Waals surface area contributed by atoms with Crippen LogP contribution in [0.25, 0.3) is 10.9 Å². The van der Waals surface area contributed by atoms with Crippen molar-refractivity contribution in [2.75, 3.05) is 7.11 Å². The van der Waals surface area contributed by atoms with Crippen molar-refractivity contribution < 1.29 is 33.1 Å². The summed E-state index contributed by atoms with van der Waals surface area (Å²) in [5, 5.41) is 18.0. The third-order valence-electron chi connectivity index (χ3n) is 8.43. The maximum Gasteiger partial charge on any atom is 0.408 e. The van der Waals surface area contributed by atoms with E-state index in [2.05, 4.69) is 15.4 Å². The third kappa shape index (κ3) is 8.85. The second-order valence-corrected chi connectivity index (χ2v) is 13.9. The molecule has 1 aromatic heterocycles. The summed E-state index contributed by atoms with van der Waals surface area (Å²) in [4.78, 5) is 40.4. The molecule has 3 N–H and O–H groups in total.